The van der Waals surface area contributed by atoms with E-state index in [2.05, 4.69) is 15.8 Å². The van der Waals surface area contributed by atoms with Gasteiger partial charge in [0.15, 0.2) is 0 Å². The van der Waals surface area contributed by atoms with Gasteiger partial charge < -0.3 is 5.32 Å². The molecule has 2 aromatic rings. The Balaban J connectivity index is 2.03. The maximum absolute atomic E-state index is 11.5. The molecule has 1 aliphatic heterocycles. The van der Waals surface area contributed by atoms with E-state index in [1.807, 2.05) is 60.7 Å². The van der Waals surface area contributed by atoms with Gasteiger partial charge in [0.1, 0.15) is 6.04 Å². The minimum atomic E-state index is -0.284. The van der Waals surface area contributed by atoms with Gasteiger partial charge in [-0.2, -0.15) is 5.10 Å². The molecule has 3 rings (SSSR count). The average Bonchev–Trinajstić information content (AvgIpc) is 2.49. The highest BCUT2D eigenvalue weighted by atomic mass is 16.2. The SMILES string of the molecule is O=C1NN=C(c2ccccc2)[C@@H](c2ccccc2)N1. The molecule has 0 aromatic heterocycles. The molecule has 1 heterocycles. The molecule has 2 amide bonds. The van der Waals surface area contributed by atoms with Gasteiger partial charge in [0.25, 0.3) is 0 Å². The largest absolute Gasteiger partial charge is 0.335 e. The molecule has 0 saturated heterocycles. The van der Waals surface area contributed by atoms with Crippen molar-refractivity contribution in [1.82, 2.24) is 10.7 Å². The van der Waals surface area contributed by atoms with Crippen molar-refractivity contribution in [3.8, 4) is 0 Å². The smallest absolute Gasteiger partial charge is 0.324 e. The van der Waals surface area contributed by atoms with Crippen LogP contribution in [-0.2, 0) is 0 Å². The fourth-order valence-corrected chi connectivity index (χ4v) is 2.13. The lowest BCUT2D eigenvalue weighted by Gasteiger charge is -2.25. The predicted octanol–water partition coefficient (Wildman–Crippen LogP) is 2.44. The molecular weight excluding hydrogens is 238 g/mol. The first-order valence-corrected chi connectivity index (χ1v) is 6.09. The summed E-state index contributed by atoms with van der Waals surface area (Å²) in [6, 6.07) is 19.1. The third-order valence-corrected chi connectivity index (χ3v) is 3.03. The van der Waals surface area contributed by atoms with E-state index in [0.29, 0.717) is 0 Å². The molecule has 94 valence electrons. The summed E-state index contributed by atoms with van der Waals surface area (Å²) in [5, 5.41) is 7.09. The molecule has 0 saturated carbocycles. The number of amides is 2. The number of urea groups is 1. The summed E-state index contributed by atoms with van der Waals surface area (Å²) in [4.78, 5) is 11.5. The zero-order chi connectivity index (χ0) is 13.1. The third-order valence-electron chi connectivity index (χ3n) is 3.03. The van der Waals surface area contributed by atoms with Crippen LogP contribution in [0.15, 0.2) is 65.8 Å². The van der Waals surface area contributed by atoms with Gasteiger partial charge >= 0.3 is 6.03 Å². The van der Waals surface area contributed by atoms with Crippen molar-refractivity contribution in [3.05, 3.63) is 71.8 Å². The standard InChI is InChI=1S/C15H13N3O/c19-15-16-13(11-7-3-1-4-8-11)14(17-18-15)12-9-5-2-6-10-12/h1-10,13H,(H2,16,18,19)/t13-/m1/s1. The Hall–Kier alpha value is -2.62. The highest BCUT2D eigenvalue weighted by Crippen LogP contribution is 2.20. The predicted molar refractivity (Wildman–Crippen MR) is 73.8 cm³/mol. The van der Waals surface area contributed by atoms with Gasteiger partial charge in [0, 0.05) is 5.56 Å². The van der Waals surface area contributed by atoms with Crippen molar-refractivity contribution in [2.75, 3.05) is 0 Å². The Morgan fingerprint density at radius 1 is 0.895 bits per heavy atom. The lowest BCUT2D eigenvalue weighted by atomic mass is 9.96. The van der Waals surface area contributed by atoms with Gasteiger partial charge in [0.2, 0.25) is 0 Å². The quantitative estimate of drug-likeness (QED) is 0.846. The number of hydrazone groups is 1. The van der Waals surface area contributed by atoms with Crippen LogP contribution in [0.2, 0.25) is 0 Å². The van der Waals surface area contributed by atoms with Gasteiger partial charge in [-0.15, -0.1) is 0 Å². The van der Waals surface area contributed by atoms with Gasteiger partial charge in [-0.1, -0.05) is 60.7 Å². The number of carbonyl (C=O) groups excluding carboxylic acids is 1. The number of rotatable bonds is 2. The van der Waals surface area contributed by atoms with Crippen molar-refractivity contribution >= 4 is 11.7 Å². The molecule has 0 radical (unpaired) electrons. The molecule has 4 nitrogen and oxygen atoms in total. The third kappa shape index (κ3) is 2.33. The Labute approximate surface area is 111 Å². The van der Waals surface area contributed by atoms with Crippen LogP contribution in [0, 0.1) is 0 Å². The fraction of sp³-hybridized carbons (Fsp3) is 0.0667. The Morgan fingerprint density at radius 3 is 2.21 bits per heavy atom. The van der Waals surface area contributed by atoms with Gasteiger partial charge in [0.05, 0.1) is 5.71 Å². The number of nitrogens with one attached hydrogen (secondary N) is 2. The summed E-state index contributed by atoms with van der Waals surface area (Å²) < 4.78 is 0. The molecule has 1 aliphatic rings. The van der Waals surface area contributed by atoms with Gasteiger partial charge in [-0.05, 0) is 5.56 Å². The highest BCUT2D eigenvalue weighted by molar-refractivity contribution is 6.08. The number of carbonyl (C=O) groups is 1. The van der Waals surface area contributed by atoms with Crippen molar-refractivity contribution in [2.45, 2.75) is 6.04 Å². The van der Waals surface area contributed by atoms with Crippen LogP contribution in [0.3, 0.4) is 0 Å². The molecule has 0 fully saturated rings. The van der Waals surface area contributed by atoms with Crippen LogP contribution in [-0.4, -0.2) is 11.7 Å². The van der Waals surface area contributed by atoms with Crippen molar-refractivity contribution in [1.29, 1.82) is 0 Å². The molecule has 2 N–H and O–H groups in total. The molecule has 0 spiro atoms. The number of benzene rings is 2. The maximum atomic E-state index is 11.5. The summed E-state index contributed by atoms with van der Waals surface area (Å²) in [6.07, 6.45) is 0. The minimum Gasteiger partial charge on any atom is -0.324 e. The first-order valence-electron chi connectivity index (χ1n) is 6.09. The zero-order valence-electron chi connectivity index (χ0n) is 10.2. The second-order valence-corrected chi connectivity index (χ2v) is 4.29. The second kappa shape index (κ2) is 4.94. The topological polar surface area (TPSA) is 53.5 Å². The van der Waals surface area contributed by atoms with E-state index in [4.69, 9.17) is 0 Å². The Kier molecular flexibility index (Phi) is 2.98. The van der Waals surface area contributed by atoms with Gasteiger partial charge in [-0.25, -0.2) is 10.2 Å². The Bertz CT molecular complexity index is 608. The zero-order valence-corrected chi connectivity index (χ0v) is 10.2. The van der Waals surface area contributed by atoms with E-state index in [1.165, 1.54) is 0 Å². The van der Waals surface area contributed by atoms with E-state index in [-0.39, 0.29) is 12.1 Å². The van der Waals surface area contributed by atoms with Crippen molar-refractivity contribution in [2.24, 2.45) is 5.10 Å². The normalized spacial score (nSPS) is 18.2. The van der Waals surface area contributed by atoms with Crippen LogP contribution in [0.1, 0.15) is 17.2 Å². The summed E-state index contributed by atoms with van der Waals surface area (Å²) in [5.74, 6) is 0. The van der Waals surface area contributed by atoms with E-state index in [0.717, 1.165) is 16.8 Å². The fourth-order valence-electron chi connectivity index (χ4n) is 2.13. The van der Waals surface area contributed by atoms with Crippen LogP contribution in [0.4, 0.5) is 4.79 Å². The molecule has 19 heavy (non-hydrogen) atoms. The number of nitrogens with zero attached hydrogens (tertiary/aromatic N) is 1. The van der Waals surface area contributed by atoms with Crippen LogP contribution in [0.5, 0.6) is 0 Å². The van der Waals surface area contributed by atoms with E-state index < -0.39 is 0 Å². The summed E-state index contributed by atoms with van der Waals surface area (Å²) in [5.41, 5.74) is 5.28. The molecule has 2 aromatic carbocycles. The highest BCUT2D eigenvalue weighted by Gasteiger charge is 2.25. The van der Waals surface area contributed by atoms with Crippen molar-refractivity contribution < 1.29 is 4.79 Å². The molecule has 4 heteroatoms. The average molecular weight is 251 g/mol. The summed E-state index contributed by atoms with van der Waals surface area (Å²) >= 11 is 0. The summed E-state index contributed by atoms with van der Waals surface area (Å²) in [6.45, 7) is 0. The van der Waals surface area contributed by atoms with Crippen LogP contribution < -0.4 is 10.7 Å². The number of hydrogen-bond acceptors (Lipinski definition) is 2. The lowest BCUT2D eigenvalue weighted by Crippen LogP contribution is -2.44. The lowest BCUT2D eigenvalue weighted by molar-refractivity contribution is 0.238. The number of hydrogen-bond donors (Lipinski definition) is 2. The molecule has 1 atom stereocenters. The van der Waals surface area contributed by atoms with E-state index in [1.54, 1.807) is 0 Å². The second-order valence-electron chi connectivity index (χ2n) is 4.29. The molecule has 0 unspecified atom stereocenters. The molecule has 0 aliphatic carbocycles. The first-order chi connectivity index (χ1) is 9.34. The van der Waals surface area contributed by atoms with Crippen molar-refractivity contribution in [3.63, 3.8) is 0 Å². The first kappa shape index (κ1) is 11.5. The van der Waals surface area contributed by atoms with E-state index in [9.17, 15) is 4.79 Å². The van der Waals surface area contributed by atoms with Gasteiger partial charge in [-0.3, -0.25) is 0 Å². The monoisotopic (exact) mass is 251 g/mol. The van der Waals surface area contributed by atoms with Crippen LogP contribution in [0.25, 0.3) is 0 Å². The summed E-state index contributed by atoms with van der Waals surface area (Å²) in [7, 11) is 0. The van der Waals surface area contributed by atoms with E-state index >= 15 is 0 Å². The molecule has 0 bridgehead atoms. The minimum absolute atomic E-state index is 0.225. The molecular formula is C15H13N3O. The van der Waals surface area contributed by atoms with Crippen LogP contribution >= 0.6 is 0 Å². The maximum Gasteiger partial charge on any atom is 0.335 e. The Morgan fingerprint density at radius 2 is 1.53 bits per heavy atom.